The Morgan fingerprint density at radius 1 is 0.229 bits per heavy atom. The van der Waals surface area contributed by atoms with Crippen LogP contribution < -0.4 is 0 Å². The molecule has 1 atom stereocenters. The molecule has 1 unspecified atom stereocenters. The third-order valence-electron chi connectivity index (χ3n) is 17.8. The van der Waals surface area contributed by atoms with E-state index in [1.54, 1.807) is 0 Å². The minimum Gasteiger partial charge on any atom is -0.462 e. The first-order chi connectivity index (χ1) is 41.0. The van der Waals surface area contributed by atoms with Crippen molar-refractivity contribution in [2.24, 2.45) is 0 Å². The molecule has 0 aliphatic heterocycles. The van der Waals surface area contributed by atoms with E-state index in [0.29, 0.717) is 19.3 Å². The lowest BCUT2D eigenvalue weighted by atomic mass is 10.0. The van der Waals surface area contributed by atoms with Crippen molar-refractivity contribution in [3.8, 4) is 0 Å². The highest BCUT2D eigenvalue weighted by Gasteiger charge is 2.20. The van der Waals surface area contributed by atoms with Crippen molar-refractivity contribution in [1.29, 1.82) is 0 Å². The van der Waals surface area contributed by atoms with E-state index in [-0.39, 0.29) is 31.1 Å². The molecule has 0 radical (unpaired) electrons. The number of allylic oxidation sites excluding steroid dienone is 2. The van der Waals surface area contributed by atoms with Gasteiger partial charge in [-0.25, -0.2) is 0 Å². The largest absolute Gasteiger partial charge is 0.462 e. The van der Waals surface area contributed by atoms with E-state index in [4.69, 9.17) is 14.2 Å². The van der Waals surface area contributed by atoms with Gasteiger partial charge in [0.1, 0.15) is 13.2 Å². The molecule has 492 valence electrons. The van der Waals surface area contributed by atoms with Crippen molar-refractivity contribution in [3.05, 3.63) is 12.2 Å². The molecule has 0 bridgehead atoms. The van der Waals surface area contributed by atoms with Crippen molar-refractivity contribution in [3.63, 3.8) is 0 Å². The molecule has 0 aliphatic rings. The van der Waals surface area contributed by atoms with Crippen LogP contribution in [0.2, 0.25) is 0 Å². The molecule has 6 heteroatoms. The van der Waals surface area contributed by atoms with E-state index in [9.17, 15) is 14.4 Å². The lowest BCUT2D eigenvalue weighted by Crippen LogP contribution is -2.30. The first-order valence-electron chi connectivity index (χ1n) is 38.2. The smallest absolute Gasteiger partial charge is 0.306 e. The highest BCUT2D eigenvalue weighted by Crippen LogP contribution is 2.20. The van der Waals surface area contributed by atoms with Crippen LogP contribution in [0.3, 0.4) is 0 Å². The first kappa shape index (κ1) is 81.2. The predicted octanol–water partition coefficient (Wildman–Crippen LogP) is 26.3. The van der Waals surface area contributed by atoms with Crippen LogP contribution in [0.5, 0.6) is 0 Å². The van der Waals surface area contributed by atoms with Gasteiger partial charge in [-0.2, -0.15) is 0 Å². The van der Waals surface area contributed by atoms with Gasteiger partial charge in [0.15, 0.2) is 6.10 Å². The summed E-state index contributed by atoms with van der Waals surface area (Å²) in [7, 11) is 0. The van der Waals surface area contributed by atoms with Crippen LogP contribution in [0.15, 0.2) is 12.2 Å². The van der Waals surface area contributed by atoms with E-state index < -0.39 is 6.10 Å². The average Bonchev–Trinajstić information content (AvgIpc) is 3.50. The summed E-state index contributed by atoms with van der Waals surface area (Å²) in [6, 6.07) is 0. The van der Waals surface area contributed by atoms with Crippen LogP contribution in [0.4, 0.5) is 0 Å². The standard InChI is InChI=1S/C77H148O6/c1-4-7-10-13-16-19-22-25-28-30-32-34-36-37-38-39-40-41-43-44-46-49-52-55-58-61-64-67-70-76(79)82-73-74(72-81-75(78)69-66-63-60-57-54-51-48-27-24-21-18-15-12-9-6-3)83-77(80)71-68-65-62-59-56-53-50-47-45-42-35-33-31-29-26-23-20-17-14-11-8-5-2/h27,48,74H,4-26,28-47,49-73H2,1-3H3/b48-27-. The fourth-order valence-electron chi connectivity index (χ4n) is 12.0. The summed E-state index contributed by atoms with van der Waals surface area (Å²) in [4.78, 5) is 38.5. The van der Waals surface area contributed by atoms with Gasteiger partial charge in [-0.15, -0.1) is 0 Å². The Balaban J connectivity index is 4.19. The normalized spacial score (nSPS) is 12.0. The van der Waals surface area contributed by atoms with Crippen LogP contribution in [0.25, 0.3) is 0 Å². The maximum absolute atomic E-state index is 13.0. The molecule has 6 nitrogen and oxygen atoms in total. The molecule has 0 aromatic rings. The van der Waals surface area contributed by atoms with Gasteiger partial charge in [0, 0.05) is 19.3 Å². The Labute approximate surface area is 520 Å². The summed E-state index contributed by atoms with van der Waals surface area (Å²) in [6.07, 6.45) is 88.4. The summed E-state index contributed by atoms with van der Waals surface area (Å²) in [5.41, 5.74) is 0. The van der Waals surface area contributed by atoms with Crippen LogP contribution in [0, 0.1) is 0 Å². The van der Waals surface area contributed by atoms with Gasteiger partial charge in [-0.3, -0.25) is 14.4 Å². The van der Waals surface area contributed by atoms with Gasteiger partial charge in [0.2, 0.25) is 0 Å². The second-order valence-corrected chi connectivity index (χ2v) is 26.3. The summed E-state index contributed by atoms with van der Waals surface area (Å²) in [6.45, 7) is 6.73. The van der Waals surface area contributed by atoms with Crippen LogP contribution >= 0.6 is 0 Å². The Morgan fingerprint density at radius 2 is 0.398 bits per heavy atom. The number of esters is 3. The summed E-state index contributed by atoms with van der Waals surface area (Å²) < 4.78 is 17.0. The number of hydrogen-bond acceptors (Lipinski definition) is 6. The van der Waals surface area contributed by atoms with Crippen LogP contribution in [0.1, 0.15) is 445 Å². The molecular formula is C77H148O6. The van der Waals surface area contributed by atoms with E-state index in [0.717, 1.165) is 64.2 Å². The highest BCUT2D eigenvalue weighted by molar-refractivity contribution is 5.71. The van der Waals surface area contributed by atoms with Crippen molar-refractivity contribution in [2.75, 3.05) is 13.2 Å². The van der Waals surface area contributed by atoms with E-state index >= 15 is 0 Å². The lowest BCUT2D eigenvalue weighted by molar-refractivity contribution is -0.167. The zero-order chi connectivity index (χ0) is 59.9. The molecule has 0 aliphatic carbocycles. The van der Waals surface area contributed by atoms with Crippen molar-refractivity contribution < 1.29 is 28.6 Å². The molecule has 0 aromatic carbocycles. The molecule has 0 amide bonds. The molecule has 0 saturated carbocycles. The zero-order valence-corrected chi connectivity index (χ0v) is 56.8. The number of rotatable bonds is 72. The minimum atomic E-state index is -0.770. The molecule has 0 aromatic heterocycles. The first-order valence-corrected chi connectivity index (χ1v) is 38.2. The van der Waals surface area contributed by atoms with Gasteiger partial charge < -0.3 is 14.2 Å². The van der Waals surface area contributed by atoms with Gasteiger partial charge in [-0.1, -0.05) is 392 Å². The zero-order valence-electron chi connectivity index (χ0n) is 56.8. The fourth-order valence-corrected chi connectivity index (χ4v) is 12.0. The number of carbonyl (C=O) groups is 3. The molecule has 0 fully saturated rings. The quantitative estimate of drug-likeness (QED) is 0.0261. The Kier molecular flexibility index (Phi) is 71.0. The SMILES string of the molecule is CCCCCCCC/C=C\CCCCCCCC(=O)OCC(COC(=O)CCCCCCCCCCCCCCCCCCCCCCCCCCCCCC)OC(=O)CCCCCCCCCCCCCCCCCCCCCCCC. The van der Waals surface area contributed by atoms with Crippen molar-refractivity contribution in [1.82, 2.24) is 0 Å². The third-order valence-corrected chi connectivity index (χ3v) is 17.8. The molecule has 83 heavy (non-hydrogen) atoms. The Morgan fingerprint density at radius 3 is 0.602 bits per heavy atom. The molecular weight excluding hydrogens is 1020 g/mol. The summed E-state index contributed by atoms with van der Waals surface area (Å²) >= 11 is 0. The fraction of sp³-hybridized carbons (Fsp3) is 0.935. The predicted molar refractivity (Wildman–Crippen MR) is 363 cm³/mol. The second kappa shape index (κ2) is 72.6. The van der Waals surface area contributed by atoms with Crippen LogP contribution in [-0.4, -0.2) is 37.2 Å². The maximum atomic E-state index is 13.0. The topological polar surface area (TPSA) is 78.9 Å². The molecule has 0 saturated heterocycles. The summed E-state index contributed by atoms with van der Waals surface area (Å²) in [5, 5.41) is 0. The molecule has 0 rings (SSSR count). The molecule has 0 spiro atoms. The molecule has 0 heterocycles. The lowest BCUT2D eigenvalue weighted by Gasteiger charge is -2.18. The second-order valence-electron chi connectivity index (χ2n) is 26.3. The van der Waals surface area contributed by atoms with E-state index in [2.05, 4.69) is 32.9 Å². The number of unbranched alkanes of at least 4 members (excludes halogenated alkanes) is 59. The Hall–Kier alpha value is -1.85. The summed E-state index contributed by atoms with van der Waals surface area (Å²) in [5.74, 6) is -0.834. The van der Waals surface area contributed by atoms with Crippen molar-refractivity contribution in [2.45, 2.75) is 451 Å². The number of carbonyl (C=O) groups excluding carboxylic acids is 3. The van der Waals surface area contributed by atoms with E-state index in [1.807, 2.05) is 0 Å². The average molecular weight is 1170 g/mol. The van der Waals surface area contributed by atoms with Gasteiger partial charge >= 0.3 is 17.9 Å². The Bertz CT molecular complexity index is 1300. The van der Waals surface area contributed by atoms with Crippen LogP contribution in [-0.2, 0) is 28.6 Å². The van der Waals surface area contributed by atoms with Gasteiger partial charge in [0.05, 0.1) is 0 Å². The van der Waals surface area contributed by atoms with Gasteiger partial charge in [0.25, 0.3) is 0 Å². The monoisotopic (exact) mass is 1170 g/mol. The number of ether oxygens (including phenoxy) is 3. The maximum Gasteiger partial charge on any atom is 0.306 e. The minimum absolute atomic E-state index is 0.0653. The number of hydrogen-bond donors (Lipinski definition) is 0. The third kappa shape index (κ3) is 70.8. The van der Waals surface area contributed by atoms with E-state index in [1.165, 1.54) is 340 Å². The van der Waals surface area contributed by atoms with Gasteiger partial charge in [-0.05, 0) is 44.9 Å². The molecule has 0 N–H and O–H groups in total. The highest BCUT2D eigenvalue weighted by atomic mass is 16.6. The van der Waals surface area contributed by atoms with Crippen molar-refractivity contribution >= 4 is 17.9 Å².